The Kier molecular flexibility index (Phi) is 8.79. The lowest BCUT2D eigenvalue weighted by Gasteiger charge is -2.41. The van der Waals surface area contributed by atoms with Gasteiger partial charge in [-0.2, -0.15) is 4.98 Å². The quantitative estimate of drug-likeness (QED) is 0.193. The number of rotatable bonds is 9. The van der Waals surface area contributed by atoms with Gasteiger partial charge in [0.15, 0.2) is 6.61 Å². The van der Waals surface area contributed by atoms with Crippen LogP contribution in [0.3, 0.4) is 0 Å². The Morgan fingerprint density at radius 1 is 0.956 bits per heavy atom. The second-order valence-electron chi connectivity index (χ2n) is 11.5. The highest BCUT2D eigenvalue weighted by Gasteiger charge is 2.41. The summed E-state index contributed by atoms with van der Waals surface area (Å²) in [4.78, 5) is 20.8. The number of amides is 1. The van der Waals surface area contributed by atoms with Crippen molar-refractivity contribution in [3.8, 4) is 17.1 Å². The molecule has 2 fully saturated rings. The largest absolute Gasteiger partial charge is 0.484 e. The van der Waals surface area contributed by atoms with E-state index in [4.69, 9.17) is 55.7 Å². The minimum Gasteiger partial charge on any atom is -0.484 e. The van der Waals surface area contributed by atoms with Crippen LogP contribution < -0.4 is 15.4 Å². The normalized spacial score (nSPS) is 19.5. The van der Waals surface area contributed by atoms with Gasteiger partial charge in [0.05, 0.1) is 31.7 Å². The van der Waals surface area contributed by atoms with E-state index in [1.807, 2.05) is 41.3 Å². The molecule has 0 spiro atoms. The van der Waals surface area contributed by atoms with E-state index in [2.05, 4.69) is 20.8 Å². The smallest absolute Gasteiger partial charge is 0.264 e. The summed E-state index contributed by atoms with van der Waals surface area (Å²) in [5.74, 6) is 1.26. The average molecular weight is 685 g/mol. The van der Waals surface area contributed by atoms with Gasteiger partial charge >= 0.3 is 0 Å². The first kappa shape index (κ1) is 30.5. The molecule has 3 aromatic carbocycles. The summed E-state index contributed by atoms with van der Waals surface area (Å²) in [6.45, 7) is 2.02. The molecule has 3 heterocycles. The van der Waals surface area contributed by atoms with Gasteiger partial charge < -0.3 is 24.8 Å². The number of nitrogens with zero attached hydrogens (tertiary/aromatic N) is 3. The van der Waals surface area contributed by atoms with Gasteiger partial charge in [0.2, 0.25) is 5.82 Å². The second-order valence-corrected chi connectivity index (χ2v) is 13.1. The summed E-state index contributed by atoms with van der Waals surface area (Å²) in [7, 11) is 0. The summed E-state index contributed by atoms with van der Waals surface area (Å²) in [6, 6.07) is 18.9. The number of carbonyl (C=O) groups excluding carboxylic acids is 1. The lowest BCUT2D eigenvalue weighted by molar-refractivity contribution is -0.128. The van der Waals surface area contributed by atoms with Gasteiger partial charge in [-0.25, -0.2) is 0 Å². The number of nitrogens with one attached hydrogen (secondary N) is 2. The van der Waals surface area contributed by atoms with Crippen LogP contribution in [-0.2, 0) is 17.9 Å². The first-order valence-electron chi connectivity index (χ1n) is 14.8. The van der Waals surface area contributed by atoms with Gasteiger partial charge in [-0.05, 0) is 66.3 Å². The lowest BCUT2D eigenvalue weighted by Crippen LogP contribution is -2.60. The van der Waals surface area contributed by atoms with Crippen LogP contribution in [0.5, 0.6) is 5.75 Å². The van der Waals surface area contributed by atoms with E-state index in [0.717, 1.165) is 48.1 Å². The number of benzene rings is 3. The van der Waals surface area contributed by atoms with Crippen molar-refractivity contribution in [3.05, 3.63) is 103 Å². The van der Waals surface area contributed by atoms with Crippen LogP contribution in [0.2, 0.25) is 20.1 Å². The predicted molar refractivity (Wildman–Crippen MR) is 176 cm³/mol. The minimum atomic E-state index is -0.0923. The van der Waals surface area contributed by atoms with Gasteiger partial charge in [-0.1, -0.05) is 81.9 Å². The van der Waals surface area contributed by atoms with Crippen LogP contribution in [0.15, 0.2) is 70.8 Å². The number of hydrogen-bond acceptors (Lipinski definition) is 7. The molecule has 1 saturated carbocycles. The SMILES string of the molecule is O=C(C1=C(c2ccc(OCc3nc(-c4c(Cl)cccc4Cl)no3)cc2)C[C@@H]2CNC[C@H]1N2)N(Cc1cccc(Cl)c1Cl)C1CC1. The van der Waals surface area contributed by atoms with Crippen molar-refractivity contribution in [1.29, 1.82) is 0 Å². The zero-order chi connectivity index (χ0) is 31.1. The van der Waals surface area contributed by atoms with Crippen molar-refractivity contribution in [3.63, 3.8) is 0 Å². The average Bonchev–Trinajstić information content (AvgIpc) is 3.78. The Morgan fingerprint density at radius 3 is 2.44 bits per heavy atom. The molecule has 7 rings (SSSR count). The van der Waals surface area contributed by atoms with Gasteiger partial charge in [0, 0.05) is 37.3 Å². The van der Waals surface area contributed by atoms with E-state index < -0.39 is 0 Å². The monoisotopic (exact) mass is 683 g/mol. The first-order valence-corrected chi connectivity index (χ1v) is 16.3. The zero-order valence-electron chi connectivity index (χ0n) is 24.0. The third-order valence-corrected chi connectivity index (χ3v) is 9.86. The summed E-state index contributed by atoms with van der Waals surface area (Å²) >= 11 is 25.4. The van der Waals surface area contributed by atoms with E-state index in [1.54, 1.807) is 24.3 Å². The van der Waals surface area contributed by atoms with Crippen LogP contribution in [-0.4, -0.2) is 52.2 Å². The number of carbonyl (C=O) groups is 1. The summed E-state index contributed by atoms with van der Waals surface area (Å²) in [5.41, 5.74) is 4.21. The maximum atomic E-state index is 14.4. The van der Waals surface area contributed by atoms with Gasteiger partial charge in [0.25, 0.3) is 11.8 Å². The Bertz CT molecular complexity index is 1750. The Hall–Kier alpha value is -3.11. The molecule has 4 aromatic rings. The Labute approximate surface area is 280 Å². The fourth-order valence-electron chi connectivity index (χ4n) is 6.02. The van der Waals surface area contributed by atoms with E-state index in [1.165, 1.54) is 0 Å². The van der Waals surface area contributed by atoms with Crippen molar-refractivity contribution in [2.24, 2.45) is 0 Å². The maximum absolute atomic E-state index is 14.4. The van der Waals surface area contributed by atoms with Crippen LogP contribution in [0.1, 0.15) is 36.3 Å². The number of fused-ring (bicyclic) bond motifs is 2. The fourth-order valence-corrected chi connectivity index (χ4v) is 6.97. The third kappa shape index (κ3) is 6.45. The maximum Gasteiger partial charge on any atom is 0.264 e. The first-order chi connectivity index (χ1) is 21.9. The topological polar surface area (TPSA) is 92.5 Å². The van der Waals surface area contributed by atoms with Crippen molar-refractivity contribution in [2.75, 3.05) is 13.1 Å². The molecule has 232 valence electrons. The minimum absolute atomic E-state index is 0.0364. The van der Waals surface area contributed by atoms with E-state index in [9.17, 15) is 4.79 Å². The highest BCUT2D eigenvalue weighted by molar-refractivity contribution is 6.42. The number of ether oxygens (including phenoxy) is 1. The Morgan fingerprint density at radius 2 is 1.69 bits per heavy atom. The number of halogens is 4. The van der Waals surface area contributed by atoms with Crippen LogP contribution in [0, 0.1) is 0 Å². The second kappa shape index (κ2) is 12.9. The highest BCUT2D eigenvalue weighted by Crippen LogP contribution is 2.38. The molecular weight excluding hydrogens is 656 g/mol. The molecule has 1 aliphatic carbocycles. The zero-order valence-corrected chi connectivity index (χ0v) is 27.1. The molecule has 12 heteroatoms. The van der Waals surface area contributed by atoms with Crippen LogP contribution in [0.4, 0.5) is 0 Å². The fraction of sp³-hybridized carbons (Fsp3) is 0.303. The van der Waals surface area contributed by atoms with Crippen LogP contribution >= 0.6 is 46.4 Å². The van der Waals surface area contributed by atoms with Crippen LogP contribution in [0.25, 0.3) is 17.0 Å². The molecule has 0 unspecified atom stereocenters. The van der Waals surface area contributed by atoms with Crippen molar-refractivity contribution in [2.45, 2.75) is 50.5 Å². The van der Waals surface area contributed by atoms with E-state index in [-0.39, 0.29) is 30.6 Å². The molecule has 2 aliphatic heterocycles. The number of hydrogen-bond donors (Lipinski definition) is 2. The molecule has 0 radical (unpaired) electrons. The summed E-state index contributed by atoms with van der Waals surface area (Å²) in [6.07, 6.45) is 2.69. The molecule has 2 N–H and O–H groups in total. The molecule has 3 aliphatic rings. The van der Waals surface area contributed by atoms with Gasteiger partial charge in [-0.3, -0.25) is 4.79 Å². The van der Waals surface area contributed by atoms with Crippen molar-refractivity contribution >= 4 is 57.9 Å². The van der Waals surface area contributed by atoms with E-state index in [0.29, 0.717) is 56.2 Å². The molecule has 1 saturated heterocycles. The molecule has 1 amide bonds. The standard InChI is InChI=1S/C33H29Cl4N5O3/c34-24-4-2-5-25(35)30(24)32-40-28(45-41-32)17-44-22-11-7-18(8-12-22)23-13-20-14-38-15-27(39-20)29(23)33(43)42(21-9-10-21)16-19-3-1-6-26(36)31(19)37/h1-8,11-12,20-21,27,38-39H,9-10,13-17H2/t20-,27-/m1/s1. The Balaban J connectivity index is 1.12. The molecule has 45 heavy (non-hydrogen) atoms. The van der Waals surface area contributed by atoms with Crippen molar-refractivity contribution < 1.29 is 14.1 Å². The number of piperazine rings is 1. The predicted octanol–water partition coefficient (Wildman–Crippen LogP) is 7.21. The van der Waals surface area contributed by atoms with E-state index >= 15 is 0 Å². The summed E-state index contributed by atoms with van der Waals surface area (Å²) < 4.78 is 11.3. The highest BCUT2D eigenvalue weighted by atomic mass is 35.5. The summed E-state index contributed by atoms with van der Waals surface area (Å²) in [5, 5.41) is 13.0. The van der Waals surface area contributed by atoms with Crippen molar-refractivity contribution in [1.82, 2.24) is 25.7 Å². The molecule has 8 nitrogen and oxygen atoms in total. The van der Waals surface area contributed by atoms with Gasteiger partial charge in [0.1, 0.15) is 5.75 Å². The third-order valence-electron chi connectivity index (χ3n) is 8.37. The molecule has 2 atom stereocenters. The molecule has 1 aromatic heterocycles. The van der Waals surface area contributed by atoms with Gasteiger partial charge in [-0.15, -0.1) is 0 Å². The molecule has 2 bridgehead atoms. The number of aromatic nitrogens is 2. The lowest BCUT2D eigenvalue weighted by atomic mass is 9.83. The molecular formula is C33H29Cl4N5O3.